The van der Waals surface area contributed by atoms with Gasteiger partial charge in [-0.2, -0.15) is 5.10 Å². The Hall–Kier alpha value is -2.69. The Morgan fingerprint density at radius 2 is 2.04 bits per heavy atom. The van der Waals surface area contributed by atoms with Crippen LogP contribution in [-0.4, -0.2) is 21.5 Å². The van der Waals surface area contributed by atoms with Gasteiger partial charge in [0.05, 0.1) is 18.7 Å². The standard InChI is InChI=1S/C19H21N3O2/c1-13(15-11-20-22(2)12-15)21-19(24)10-17-16(8-9-18(17)23)14-6-4-3-5-7-14/h3-7,11-13H,8-10H2,1-2H3,(H,21,24)/t13-/m1/s1. The number of aromatic nitrogens is 2. The highest BCUT2D eigenvalue weighted by Gasteiger charge is 2.26. The zero-order valence-corrected chi connectivity index (χ0v) is 14.0. The molecule has 0 fully saturated rings. The molecule has 24 heavy (non-hydrogen) atoms. The molecule has 3 rings (SSSR count). The third kappa shape index (κ3) is 3.45. The molecule has 0 aliphatic heterocycles. The molecule has 1 N–H and O–H groups in total. The van der Waals surface area contributed by atoms with E-state index < -0.39 is 0 Å². The molecule has 2 aromatic rings. The number of benzene rings is 1. The Bertz CT molecular complexity index is 790. The Morgan fingerprint density at radius 3 is 2.71 bits per heavy atom. The number of carbonyl (C=O) groups is 2. The van der Waals surface area contributed by atoms with Gasteiger partial charge in [0.15, 0.2) is 5.78 Å². The first kappa shape index (κ1) is 16.2. The zero-order chi connectivity index (χ0) is 17.1. The number of nitrogens with one attached hydrogen (secondary N) is 1. The van der Waals surface area contributed by atoms with Crippen LogP contribution in [0.15, 0.2) is 48.3 Å². The number of rotatable bonds is 5. The van der Waals surface area contributed by atoms with Gasteiger partial charge in [0, 0.05) is 30.8 Å². The van der Waals surface area contributed by atoms with Crippen molar-refractivity contribution in [1.82, 2.24) is 15.1 Å². The topological polar surface area (TPSA) is 64.0 Å². The maximum absolute atomic E-state index is 12.4. The maximum atomic E-state index is 12.4. The lowest BCUT2D eigenvalue weighted by Crippen LogP contribution is -2.27. The summed E-state index contributed by atoms with van der Waals surface area (Å²) in [5, 5.41) is 7.06. The normalized spacial score (nSPS) is 15.7. The molecule has 1 aromatic heterocycles. The van der Waals surface area contributed by atoms with Crippen molar-refractivity contribution in [2.24, 2.45) is 7.05 Å². The average molecular weight is 323 g/mol. The monoisotopic (exact) mass is 323 g/mol. The molecule has 0 radical (unpaired) electrons. The summed E-state index contributed by atoms with van der Waals surface area (Å²) in [5.41, 5.74) is 3.63. The third-order valence-electron chi connectivity index (χ3n) is 4.36. The Kier molecular flexibility index (Phi) is 4.60. The van der Waals surface area contributed by atoms with Gasteiger partial charge in [0.2, 0.25) is 5.91 Å². The fourth-order valence-corrected chi connectivity index (χ4v) is 3.07. The average Bonchev–Trinajstić information content (AvgIpc) is 3.15. The van der Waals surface area contributed by atoms with Gasteiger partial charge in [-0.25, -0.2) is 0 Å². The van der Waals surface area contributed by atoms with E-state index in [1.54, 1.807) is 10.9 Å². The van der Waals surface area contributed by atoms with Crippen molar-refractivity contribution in [3.05, 3.63) is 59.4 Å². The van der Waals surface area contributed by atoms with Gasteiger partial charge in [-0.3, -0.25) is 14.3 Å². The lowest BCUT2D eigenvalue weighted by molar-refractivity contribution is -0.122. The van der Waals surface area contributed by atoms with Crippen LogP contribution in [0, 0.1) is 0 Å². The zero-order valence-electron chi connectivity index (χ0n) is 14.0. The Labute approximate surface area is 141 Å². The molecule has 0 saturated heterocycles. The fraction of sp³-hybridized carbons (Fsp3) is 0.316. The van der Waals surface area contributed by atoms with Crippen LogP contribution < -0.4 is 5.32 Å². The van der Waals surface area contributed by atoms with E-state index in [1.807, 2.05) is 50.5 Å². The first-order valence-electron chi connectivity index (χ1n) is 8.13. The van der Waals surface area contributed by atoms with Crippen LogP contribution in [-0.2, 0) is 16.6 Å². The van der Waals surface area contributed by atoms with Gasteiger partial charge in [0.1, 0.15) is 0 Å². The third-order valence-corrected chi connectivity index (χ3v) is 4.36. The van der Waals surface area contributed by atoms with Crippen LogP contribution in [0.5, 0.6) is 0 Å². The molecule has 124 valence electrons. The summed E-state index contributed by atoms with van der Waals surface area (Å²) < 4.78 is 1.70. The van der Waals surface area contributed by atoms with Crippen molar-refractivity contribution >= 4 is 17.3 Å². The van der Waals surface area contributed by atoms with Crippen molar-refractivity contribution < 1.29 is 9.59 Å². The van der Waals surface area contributed by atoms with Gasteiger partial charge in [-0.05, 0) is 24.5 Å². The van der Waals surface area contributed by atoms with Crippen molar-refractivity contribution in [3.63, 3.8) is 0 Å². The fourth-order valence-electron chi connectivity index (χ4n) is 3.07. The van der Waals surface area contributed by atoms with Gasteiger partial charge >= 0.3 is 0 Å². The molecule has 1 heterocycles. The van der Waals surface area contributed by atoms with Crippen molar-refractivity contribution in [2.45, 2.75) is 32.2 Å². The molecule has 0 saturated carbocycles. The molecule has 1 aliphatic rings. The number of aryl methyl sites for hydroxylation is 1. The summed E-state index contributed by atoms with van der Waals surface area (Å²) in [5.74, 6) is -0.0527. The van der Waals surface area contributed by atoms with Crippen LogP contribution >= 0.6 is 0 Å². The molecule has 1 aromatic carbocycles. The van der Waals surface area contributed by atoms with Crippen molar-refractivity contribution in [3.8, 4) is 0 Å². The van der Waals surface area contributed by atoms with E-state index in [0.29, 0.717) is 18.4 Å². The highest BCUT2D eigenvalue weighted by molar-refractivity contribution is 6.10. The predicted octanol–water partition coefficient (Wildman–Crippen LogP) is 2.80. The van der Waals surface area contributed by atoms with E-state index in [-0.39, 0.29) is 24.2 Å². The number of ketones is 1. The number of hydrogen-bond donors (Lipinski definition) is 1. The van der Waals surface area contributed by atoms with Crippen LogP contribution in [0.25, 0.3) is 5.57 Å². The van der Waals surface area contributed by atoms with E-state index in [4.69, 9.17) is 0 Å². The molecular weight excluding hydrogens is 302 g/mol. The van der Waals surface area contributed by atoms with Gasteiger partial charge < -0.3 is 5.32 Å². The van der Waals surface area contributed by atoms with Gasteiger partial charge in [0.25, 0.3) is 0 Å². The van der Waals surface area contributed by atoms with Gasteiger partial charge in [-0.1, -0.05) is 30.3 Å². The number of nitrogens with zero attached hydrogens (tertiary/aromatic N) is 2. The highest BCUT2D eigenvalue weighted by atomic mass is 16.2. The summed E-state index contributed by atoms with van der Waals surface area (Å²) in [6, 6.07) is 9.70. The second-order valence-electron chi connectivity index (χ2n) is 6.16. The summed E-state index contributed by atoms with van der Waals surface area (Å²) in [6.45, 7) is 1.91. The summed E-state index contributed by atoms with van der Waals surface area (Å²) in [7, 11) is 1.84. The number of hydrogen-bond acceptors (Lipinski definition) is 3. The summed E-state index contributed by atoms with van der Waals surface area (Å²) >= 11 is 0. The number of amides is 1. The molecule has 0 bridgehead atoms. The minimum atomic E-state index is -0.136. The lowest BCUT2D eigenvalue weighted by atomic mass is 10.00. The van der Waals surface area contributed by atoms with E-state index >= 15 is 0 Å². The van der Waals surface area contributed by atoms with Crippen molar-refractivity contribution in [2.75, 3.05) is 0 Å². The van der Waals surface area contributed by atoms with E-state index in [9.17, 15) is 9.59 Å². The van der Waals surface area contributed by atoms with E-state index in [2.05, 4.69) is 10.4 Å². The second kappa shape index (κ2) is 6.83. The number of carbonyl (C=O) groups excluding carboxylic acids is 2. The molecule has 1 atom stereocenters. The number of allylic oxidation sites excluding steroid dienone is 1. The maximum Gasteiger partial charge on any atom is 0.225 e. The summed E-state index contributed by atoms with van der Waals surface area (Å²) in [4.78, 5) is 24.6. The molecule has 1 aliphatic carbocycles. The summed E-state index contributed by atoms with van der Waals surface area (Å²) in [6.07, 6.45) is 4.95. The smallest absolute Gasteiger partial charge is 0.225 e. The molecule has 5 nitrogen and oxygen atoms in total. The second-order valence-corrected chi connectivity index (χ2v) is 6.16. The molecular formula is C19H21N3O2. The van der Waals surface area contributed by atoms with Crippen LogP contribution in [0.3, 0.4) is 0 Å². The first-order valence-corrected chi connectivity index (χ1v) is 8.13. The molecule has 0 spiro atoms. The predicted molar refractivity (Wildman–Crippen MR) is 92.0 cm³/mol. The lowest BCUT2D eigenvalue weighted by Gasteiger charge is -2.13. The van der Waals surface area contributed by atoms with E-state index in [1.165, 1.54) is 0 Å². The van der Waals surface area contributed by atoms with Crippen LogP contribution in [0.2, 0.25) is 0 Å². The van der Waals surface area contributed by atoms with Crippen LogP contribution in [0.1, 0.15) is 43.4 Å². The van der Waals surface area contributed by atoms with Crippen LogP contribution in [0.4, 0.5) is 0 Å². The van der Waals surface area contributed by atoms with Gasteiger partial charge in [-0.15, -0.1) is 0 Å². The highest BCUT2D eigenvalue weighted by Crippen LogP contribution is 2.33. The number of Topliss-reactive ketones (excluding diaryl/α,β-unsaturated/α-hetero) is 1. The quantitative estimate of drug-likeness (QED) is 0.920. The minimum Gasteiger partial charge on any atom is -0.349 e. The SMILES string of the molecule is C[C@@H](NC(=O)CC1=C(c2ccccc2)CCC1=O)c1cnn(C)c1. The molecule has 5 heteroatoms. The Morgan fingerprint density at radius 1 is 1.29 bits per heavy atom. The minimum absolute atomic E-state index is 0.0815. The molecule has 0 unspecified atom stereocenters. The largest absolute Gasteiger partial charge is 0.349 e. The van der Waals surface area contributed by atoms with Crippen molar-refractivity contribution in [1.29, 1.82) is 0 Å². The molecule has 1 amide bonds. The Balaban J connectivity index is 1.73. The first-order chi connectivity index (χ1) is 11.5. The van der Waals surface area contributed by atoms with E-state index in [0.717, 1.165) is 16.7 Å².